The second kappa shape index (κ2) is 6.81. The fraction of sp³-hybridized carbons (Fsp3) is 0. The molecule has 3 rings (SSSR count). The Morgan fingerprint density at radius 2 is 1.38 bits per heavy atom. The minimum atomic E-state index is -4.10. The van der Waals surface area contributed by atoms with E-state index in [1.165, 1.54) is 24.3 Å². The van der Waals surface area contributed by atoms with Crippen LogP contribution in [-0.4, -0.2) is 26.3 Å². The lowest BCUT2D eigenvalue weighted by Crippen LogP contribution is -2.51. The van der Waals surface area contributed by atoms with E-state index in [0.717, 1.165) is 6.08 Å². The molecule has 26 heavy (non-hydrogen) atoms. The van der Waals surface area contributed by atoms with Gasteiger partial charge in [-0.3, -0.25) is 20.2 Å². The molecule has 1 heterocycles. The molecule has 2 N–H and O–H groups in total. The molecule has 2 aromatic rings. The third-order valence-electron chi connectivity index (χ3n) is 3.39. The summed E-state index contributed by atoms with van der Waals surface area (Å²) in [5.41, 5.74) is -0.167. The normalized spacial score (nSPS) is 14.5. The number of rotatable bonds is 4. The molecule has 1 aliphatic rings. The van der Waals surface area contributed by atoms with Crippen LogP contribution in [0.15, 0.2) is 65.1 Å². The Bertz CT molecular complexity index is 1010. The highest BCUT2D eigenvalue weighted by atomic mass is 32.2. The van der Waals surface area contributed by atoms with Gasteiger partial charge in [-0.25, -0.2) is 4.79 Å². The molecular formula is C17H12N2O6S. The van der Waals surface area contributed by atoms with Crippen molar-refractivity contribution in [2.45, 2.75) is 4.90 Å². The maximum absolute atomic E-state index is 12.4. The van der Waals surface area contributed by atoms with Gasteiger partial charge in [0.1, 0.15) is 16.2 Å². The molecule has 132 valence electrons. The van der Waals surface area contributed by atoms with Crippen LogP contribution >= 0.6 is 0 Å². The van der Waals surface area contributed by atoms with Gasteiger partial charge in [0.15, 0.2) is 0 Å². The number of hydrogen-bond donors (Lipinski definition) is 2. The number of imide groups is 2. The van der Waals surface area contributed by atoms with Crippen molar-refractivity contribution in [3.63, 3.8) is 0 Å². The fourth-order valence-corrected chi connectivity index (χ4v) is 3.17. The summed E-state index contributed by atoms with van der Waals surface area (Å²) in [6.45, 7) is 0. The first kappa shape index (κ1) is 17.4. The van der Waals surface area contributed by atoms with Crippen molar-refractivity contribution in [1.82, 2.24) is 10.6 Å². The van der Waals surface area contributed by atoms with Crippen molar-refractivity contribution in [2.75, 3.05) is 0 Å². The Morgan fingerprint density at radius 3 is 2.04 bits per heavy atom. The maximum Gasteiger partial charge on any atom is 0.339 e. The van der Waals surface area contributed by atoms with Gasteiger partial charge in [0.25, 0.3) is 11.8 Å². The summed E-state index contributed by atoms with van der Waals surface area (Å²) in [6, 6.07) is 12.6. The predicted octanol–water partition coefficient (Wildman–Crippen LogP) is 1.20. The van der Waals surface area contributed by atoms with Gasteiger partial charge in [-0.2, -0.15) is 8.42 Å². The molecular weight excluding hydrogens is 360 g/mol. The molecule has 1 fully saturated rings. The van der Waals surface area contributed by atoms with Gasteiger partial charge >= 0.3 is 16.1 Å². The maximum atomic E-state index is 12.4. The first-order valence-electron chi connectivity index (χ1n) is 7.34. The zero-order valence-electron chi connectivity index (χ0n) is 13.1. The molecule has 1 aliphatic heterocycles. The zero-order chi connectivity index (χ0) is 18.7. The van der Waals surface area contributed by atoms with Gasteiger partial charge in [-0.05, 0) is 24.3 Å². The number of para-hydroxylation sites is 1. The summed E-state index contributed by atoms with van der Waals surface area (Å²) in [7, 11) is -4.10. The third kappa shape index (κ3) is 3.62. The Kier molecular flexibility index (Phi) is 4.55. The van der Waals surface area contributed by atoms with Crippen molar-refractivity contribution in [2.24, 2.45) is 0 Å². The van der Waals surface area contributed by atoms with Crippen molar-refractivity contribution >= 4 is 34.0 Å². The summed E-state index contributed by atoms with van der Waals surface area (Å²) in [5, 5.41) is 3.87. The molecule has 1 saturated heterocycles. The predicted molar refractivity (Wildman–Crippen MR) is 90.4 cm³/mol. The standard InChI is InChI=1S/C17H12N2O6S/c20-15-13(16(21)19-17(22)18-15)10-11-6-4-5-9-14(11)25-26(23,24)12-7-2-1-3-8-12/h1-10H,(H2,18,19,20,21,22). The molecule has 0 aliphatic carbocycles. The second-order valence-corrected chi connectivity index (χ2v) is 6.73. The number of barbiturate groups is 1. The van der Waals surface area contributed by atoms with E-state index < -0.39 is 28.0 Å². The molecule has 0 radical (unpaired) electrons. The molecule has 4 amide bonds. The van der Waals surface area contributed by atoms with Crippen LogP contribution in [0.3, 0.4) is 0 Å². The molecule has 9 heteroatoms. The average Bonchev–Trinajstić information content (AvgIpc) is 2.60. The molecule has 8 nitrogen and oxygen atoms in total. The number of benzene rings is 2. The molecule has 0 spiro atoms. The number of urea groups is 1. The minimum Gasteiger partial charge on any atom is -0.378 e. The smallest absolute Gasteiger partial charge is 0.339 e. The largest absolute Gasteiger partial charge is 0.378 e. The molecule has 0 saturated carbocycles. The summed E-state index contributed by atoms with van der Waals surface area (Å²) >= 11 is 0. The van der Waals surface area contributed by atoms with Gasteiger partial charge in [0, 0.05) is 5.56 Å². The average molecular weight is 372 g/mol. The van der Waals surface area contributed by atoms with Gasteiger partial charge in [-0.15, -0.1) is 0 Å². The van der Waals surface area contributed by atoms with Gasteiger partial charge in [0.2, 0.25) is 0 Å². The summed E-state index contributed by atoms with van der Waals surface area (Å²) in [6.07, 6.45) is 1.15. The Labute approximate surface area is 148 Å². The van der Waals surface area contributed by atoms with Crippen LogP contribution in [0, 0.1) is 0 Å². The molecule has 0 unspecified atom stereocenters. The first-order valence-corrected chi connectivity index (χ1v) is 8.74. The molecule has 0 bridgehead atoms. The summed E-state index contributed by atoms with van der Waals surface area (Å²) in [5.74, 6) is -1.85. The first-order chi connectivity index (χ1) is 12.4. The topological polar surface area (TPSA) is 119 Å². The van der Waals surface area contributed by atoms with E-state index in [4.69, 9.17) is 4.18 Å². The fourth-order valence-electron chi connectivity index (χ4n) is 2.19. The van der Waals surface area contributed by atoms with E-state index in [9.17, 15) is 22.8 Å². The highest BCUT2D eigenvalue weighted by Crippen LogP contribution is 2.25. The molecule has 2 aromatic carbocycles. The Balaban J connectivity index is 1.97. The SMILES string of the molecule is O=C1NC(=O)C(=Cc2ccccc2OS(=O)(=O)c2ccccc2)C(=O)N1. The van der Waals surface area contributed by atoms with Gasteiger partial charge in [-0.1, -0.05) is 36.4 Å². The number of nitrogens with one attached hydrogen (secondary N) is 2. The second-order valence-electron chi connectivity index (χ2n) is 5.18. The van der Waals surface area contributed by atoms with E-state index in [0.29, 0.717) is 0 Å². The highest BCUT2D eigenvalue weighted by molar-refractivity contribution is 7.87. The van der Waals surface area contributed by atoms with Crippen LogP contribution in [0.1, 0.15) is 5.56 Å². The molecule has 0 atom stereocenters. The number of amides is 4. The Hall–Kier alpha value is -3.46. The third-order valence-corrected chi connectivity index (χ3v) is 4.64. The number of carbonyl (C=O) groups excluding carboxylic acids is 3. The lowest BCUT2D eigenvalue weighted by atomic mass is 10.1. The van der Waals surface area contributed by atoms with E-state index in [2.05, 4.69) is 0 Å². The number of hydrogen-bond acceptors (Lipinski definition) is 6. The van der Waals surface area contributed by atoms with Crippen LogP contribution in [0.5, 0.6) is 5.75 Å². The summed E-state index contributed by atoms with van der Waals surface area (Å²) < 4.78 is 29.9. The van der Waals surface area contributed by atoms with Crippen LogP contribution < -0.4 is 14.8 Å². The Morgan fingerprint density at radius 1 is 0.808 bits per heavy atom. The van der Waals surface area contributed by atoms with Crippen molar-refractivity contribution < 1.29 is 27.0 Å². The van der Waals surface area contributed by atoms with E-state index >= 15 is 0 Å². The van der Waals surface area contributed by atoms with Gasteiger partial charge < -0.3 is 4.18 Å². The van der Waals surface area contributed by atoms with Crippen LogP contribution in [0.2, 0.25) is 0 Å². The lowest BCUT2D eigenvalue weighted by Gasteiger charge is -2.15. The zero-order valence-corrected chi connectivity index (χ0v) is 13.9. The van der Waals surface area contributed by atoms with Crippen LogP contribution in [-0.2, 0) is 19.7 Å². The van der Waals surface area contributed by atoms with Crippen molar-refractivity contribution in [1.29, 1.82) is 0 Å². The van der Waals surface area contributed by atoms with Crippen molar-refractivity contribution in [3.05, 3.63) is 65.7 Å². The van der Waals surface area contributed by atoms with Crippen LogP contribution in [0.4, 0.5) is 4.79 Å². The minimum absolute atomic E-state index is 0.0406. The van der Waals surface area contributed by atoms with Crippen molar-refractivity contribution in [3.8, 4) is 5.75 Å². The highest BCUT2D eigenvalue weighted by Gasteiger charge is 2.28. The van der Waals surface area contributed by atoms with E-state index in [1.54, 1.807) is 30.3 Å². The monoisotopic (exact) mass is 372 g/mol. The van der Waals surface area contributed by atoms with Crippen LogP contribution in [0.25, 0.3) is 6.08 Å². The molecule has 0 aromatic heterocycles. The lowest BCUT2D eigenvalue weighted by molar-refractivity contribution is -0.123. The van der Waals surface area contributed by atoms with E-state index in [1.807, 2.05) is 10.6 Å². The quantitative estimate of drug-likeness (QED) is 0.473. The van der Waals surface area contributed by atoms with E-state index in [-0.39, 0.29) is 21.8 Å². The number of carbonyl (C=O) groups is 3. The summed E-state index contributed by atoms with van der Waals surface area (Å²) in [4.78, 5) is 34.7. The van der Waals surface area contributed by atoms with Gasteiger partial charge in [0.05, 0.1) is 0 Å².